The van der Waals surface area contributed by atoms with Crippen LogP contribution in [0.15, 0.2) is 57.3 Å². The number of fused-ring (bicyclic) bond motifs is 1. The molecule has 0 aliphatic heterocycles. The molecule has 0 unspecified atom stereocenters. The molecule has 10 heteroatoms. The number of aromatic nitrogens is 3. The molecule has 0 spiro atoms. The standard InChI is InChI=1S/C19H10Cl4FN3OS/c1-26-19(28)17(16-13(22)4-9(20)5-14(16)23)18-25-7-11(8-27(18)26)29-15-3-2-10(24)6-12(15)21/h2-8H,1H3. The summed E-state index contributed by atoms with van der Waals surface area (Å²) >= 11 is 26.0. The van der Waals surface area contributed by atoms with E-state index >= 15 is 0 Å². The maximum absolute atomic E-state index is 13.3. The summed E-state index contributed by atoms with van der Waals surface area (Å²) in [6.07, 6.45) is 3.33. The van der Waals surface area contributed by atoms with Crippen LogP contribution in [-0.4, -0.2) is 14.2 Å². The van der Waals surface area contributed by atoms with Gasteiger partial charge >= 0.3 is 0 Å². The van der Waals surface area contributed by atoms with Gasteiger partial charge in [-0.05, 0) is 30.3 Å². The van der Waals surface area contributed by atoms with Gasteiger partial charge in [-0.15, -0.1) is 0 Å². The smallest absolute Gasteiger partial charge is 0.267 e. The summed E-state index contributed by atoms with van der Waals surface area (Å²) in [5, 5.41) is 1.17. The van der Waals surface area contributed by atoms with Crippen molar-refractivity contribution in [3.05, 3.63) is 79.0 Å². The molecule has 4 aromatic rings. The Labute approximate surface area is 188 Å². The molecule has 0 atom stereocenters. The zero-order valence-corrected chi connectivity index (χ0v) is 18.4. The van der Waals surface area contributed by atoms with Gasteiger partial charge in [0.15, 0.2) is 5.65 Å². The predicted octanol–water partition coefficient (Wildman–Crippen LogP) is 6.60. The fourth-order valence-corrected chi connectivity index (χ4v) is 4.99. The first-order valence-corrected chi connectivity index (χ1v) is 10.4. The molecule has 2 aromatic carbocycles. The predicted molar refractivity (Wildman–Crippen MR) is 116 cm³/mol. The van der Waals surface area contributed by atoms with Crippen LogP contribution in [0.3, 0.4) is 0 Å². The molecule has 0 radical (unpaired) electrons. The molecule has 0 fully saturated rings. The van der Waals surface area contributed by atoms with Crippen LogP contribution >= 0.6 is 58.2 Å². The molecular formula is C19H10Cl4FN3OS. The average Bonchev–Trinajstić information content (AvgIpc) is 2.88. The highest BCUT2D eigenvalue weighted by atomic mass is 35.5. The van der Waals surface area contributed by atoms with Crippen molar-refractivity contribution >= 4 is 63.8 Å². The third-order valence-corrected chi connectivity index (χ3v) is 6.48. The topological polar surface area (TPSA) is 39.3 Å². The number of rotatable bonds is 3. The van der Waals surface area contributed by atoms with Gasteiger partial charge in [-0.25, -0.2) is 18.6 Å². The van der Waals surface area contributed by atoms with E-state index in [0.29, 0.717) is 26.0 Å². The Morgan fingerprint density at radius 3 is 2.34 bits per heavy atom. The van der Waals surface area contributed by atoms with E-state index in [1.54, 1.807) is 30.0 Å². The lowest BCUT2D eigenvalue weighted by molar-refractivity contribution is 0.626. The third-order valence-electron chi connectivity index (χ3n) is 4.21. The van der Waals surface area contributed by atoms with Crippen LogP contribution in [0, 0.1) is 5.82 Å². The molecule has 0 amide bonds. The number of hydrogen-bond donors (Lipinski definition) is 0. The first-order valence-electron chi connectivity index (χ1n) is 8.11. The summed E-state index contributed by atoms with van der Waals surface area (Å²) in [5.74, 6) is -0.415. The lowest BCUT2D eigenvalue weighted by Crippen LogP contribution is -2.16. The molecule has 0 N–H and O–H groups in total. The number of aryl methyl sites for hydroxylation is 1. The normalized spacial score (nSPS) is 11.4. The molecule has 2 aromatic heterocycles. The SMILES string of the molecule is Cn1c(=O)c(-c2c(Cl)cc(Cl)cc2Cl)c2ncc(Sc3ccc(F)cc3Cl)cn21. The van der Waals surface area contributed by atoms with Gasteiger partial charge in [-0.1, -0.05) is 58.2 Å². The lowest BCUT2D eigenvalue weighted by atomic mass is 10.1. The minimum atomic E-state index is -0.415. The van der Waals surface area contributed by atoms with Crippen LogP contribution in [0.1, 0.15) is 0 Å². The number of halogens is 5. The van der Waals surface area contributed by atoms with Crippen molar-refractivity contribution in [2.75, 3.05) is 0 Å². The summed E-state index contributed by atoms with van der Waals surface area (Å²) in [6.45, 7) is 0. The van der Waals surface area contributed by atoms with Crippen molar-refractivity contribution in [3.63, 3.8) is 0 Å². The summed E-state index contributed by atoms with van der Waals surface area (Å²) in [5.41, 5.74) is 0.717. The van der Waals surface area contributed by atoms with Crippen LogP contribution in [0.2, 0.25) is 20.1 Å². The van der Waals surface area contributed by atoms with E-state index in [0.717, 1.165) is 0 Å². The molecule has 29 heavy (non-hydrogen) atoms. The molecule has 0 saturated heterocycles. The van der Waals surface area contributed by atoms with Crippen molar-refractivity contribution < 1.29 is 4.39 Å². The Kier molecular flexibility index (Phi) is 5.57. The maximum atomic E-state index is 13.3. The van der Waals surface area contributed by atoms with Crippen LogP contribution < -0.4 is 5.56 Å². The Hall–Kier alpha value is -1.70. The fraction of sp³-hybridized carbons (Fsp3) is 0.0526. The van der Waals surface area contributed by atoms with E-state index in [-0.39, 0.29) is 26.2 Å². The molecule has 0 saturated carbocycles. The highest BCUT2D eigenvalue weighted by Crippen LogP contribution is 2.38. The fourth-order valence-electron chi connectivity index (χ4n) is 2.90. The van der Waals surface area contributed by atoms with Crippen molar-refractivity contribution in [1.82, 2.24) is 14.2 Å². The summed E-state index contributed by atoms with van der Waals surface area (Å²) in [7, 11) is 1.61. The third kappa shape index (κ3) is 3.76. The zero-order valence-electron chi connectivity index (χ0n) is 14.6. The molecule has 2 heterocycles. The molecule has 0 aliphatic carbocycles. The second-order valence-corrected chi connectivity index (χ2v) is 8.86. The Morgan fingerprint density at radius 1 is 1.00 bits per heavy atom. The number of nitrogens with zero attached hydrogens (tertiary/aromatic N) is 3. The van der Waals surface area contributed by atoms with Gasteiger partial charge in [0.1, 0.15) is 5.82 Å². The van der Waals surface area contributed by atoms with E-state index in [2.05, 4.69) is 4.98 Å². The van der Waals surface area contributed by atoms with E-state index in [1.165, 1.54) is 40.7 Å². The highest BCUT2D eigenvalue weighted by Gasteiger charge is 2.21. The van der Waals surface area contributed by atoms with Crippen molar-refractivity contribution in [2.45, 2.75) is 9.79 Å². The first kappa shape index (κ1) is 20.6. The van der Waals surface area contributed by atoms with E-state index in [1.807, 2.05) is 0 Å². The second kappa shape index (κ2) is 7.85. The average molecular weight is 489 g/mol. The number of benzene rings is 2. The minimum Gasteiger partial charge on any atom is -0.267 e. The highest BCUT2D eigenvalue weighted by molar-refractivity contribution is 7.99. The maximum Gasteiger partial charge on any atom is 0.277 e. The summed E-state index contributed by atoms with van der Waals surface area (Å²) in [4.78, 5) is 18.7. The first-order chi connectivity index (χ1) is 13.8. The molecule has 148 valence electrons. The minimum absolute atomic E-state index is 0.256. The van der Waals surface area contributed by atoms with Crippen LogP contribution in [-0.2, 0) is 7.05 Å². The summed E-state index contributed by atoms with van der Waals surface area (Å²) in [6, 6.07) is 7.19. The van der Waals surface area contributed by atoms with Gasteiger partial charge in [0.05, 0.1) is 20.6 Å². The number of hydrogen-bond acceptors (Lipinski definition) is 3. The quantitative estimate of drug-likeness (QED) is 0.326. The van der Waals surface area contributed by atoms with E-state index < -0.39 is 5.82 Å². The monoisotopic (exact) mass is 487 g/mol. The van der Waals surface area contributed by atoms with Crippen molar-refractivity contribution in [1.29, 1.82) is 0 Å². The largest absolute Gasteiger partial charge is 0.277 e. The van der Waals surface area contributed by atoms with Crippen LogP contribution in [0.25, 0.3) is 16.8 Å². The van der Waals surface area contributed by atoms with Gasteiger partial charge in [0.2, 0.25) is 0 Å². The van der Waals surface area contributed by atoms with Crippen LogP contribution in [0.4, 0.5) is 4.39 Å². The molecule has 0 aliphatic rings. The molecule has 0 bridgehead atoms. The Morgan fingerprint density at radius 2 is 1.69 bits per heavy atom. The Bertz CT molecular complexity index is 1310. The van der Waals surface area contributed by atoms with Gasteiger partial charge in [0.25, 0.3) is 5.56 Å². The van der Waals surface area contributed by atoms with Gasteiger partial charge in [-0.3, -0.25) is 4.79 Å². The van der Waals surface area contributed by atoms with E-state index in [4.69, 9.17) is 46.4 Å². The van der Waals surface area contributed by atoms with Gasteiger partial charge in [0, 0.05) is 39.8 Å². The van der Waals surface area contributed by atoms with Gasteiger partial charge < -0.3 is 0 Å². The van der Waals surface area contributed by atoms with Crippen molar-refractivity contribution in [2.24, 2.45) is 7.05 Å². The molecule has 4 rings (SSSR count). The van der Waals surface area contributed by atoms with Crippen LogP contribution in [0.5, 0.6) is 0 Å². The second-order valence-electron chi connectivity index (χ2n) is 6.08. The lowest BCUT2D eigenvalue weighted by Gasteiger charge is -2.07. The van der Waals surface area contributed by atoms with Crippen molar-refractivity contribution in [3.8, 4) is 11.1 Å². The molecular weight excluding hydrogens is 479 g/mol. The Balaban J connectivity index is 1.86. The van der Waals surface area contributed by atoms with Gasteiger partial charge in [-0.2, -0.15) is 0 Å². The van der Waals surface area contributed by atoms with E-state index in [9.17, 15) is 9.18 Å². The zero-order chi connectivity index (χ0) is 20.9. The molecule has 4 nitrogen and oxygen atoms in total. The summed E-state index contributed by atoms with van der Waals surface area (Å²) < 4.78 is 16.3.